The van der Waals surface area contributed by atoms with Gasteiger partial charge in [-0.3, -0.25) is 5.32 Å². The molecule has 2 aromatic heterocycles. The molecule has 0 aliphatic heterocycles. The van der Waals surface area contributed by atoms with Gasteiger partial charge >= 0.3 is 6.03 Å². The first kappa shape index (κ1) is 14.4. The molecule has 0 bridgehead atoms. The Balaban J connectivity index is 1.43. The van der Waals surface area contributed by atoms with Crippen LogP contribution in [0.25, 0.3) is 0 Å². The zero-order valence-electron chi connectivity index (χ0n) is 13.4. The number of nitrogens with one attached hydrogen (secondary N) is 1. The lowest BCUT2D eigenvalue weighted by Gasteiger charge is -2.20. The zero-order chi connectivity index (χ0) is 16.0. The number of nitrogens with zero attached hydrogens (tertiary/aromatic N) is 2. The molecule has 2 heterocycles. The van der Waals surface area contributed by atoms with Gasteiger partial charge in [-0.2, -0.15) is 0 Å². The average Bonchev–Trinajstić information content (AvgIpc) is 3.40. The van der Waals surface area contributed by atoms with Crippen molar-refractivity contribution >= 4 is 11.8 Å². The largest absolute Gasteiger partial charge is 0.464 e. The molecule has 2 amide bonds. The van der Waals surface area contributed by atoms with Crippen LogP contribution in [0.3, 0.4) is 0 Å². The molecule has 0 saturated heterocycles. The van der Waals surface area contributed by atoms with E-state index in [-0.39, 0.29) is 12.1 Å². The highest BCUT2D eigenvalue weighted by Gasteiger charge is 2.37. The zero-order valence-corrected chi connectivity index (χ0v) is 13.4. The van der Waals surface area contributed by atoms with E-state index in [1.807, 2.05) is 17.0 Å². The van der Waals surface area contributed by atoms with Crippen molar-refractivity contribution in [3.8, 4) is 0 Å². The van der Waals surface area contributed by atoms with Crippen molar-refractivity contribution < 1.29 is 13.7 Å². The highest BCUT2D eigenvalue weighted by atomic mass is 16.5. The van der Waals surface area contributed by atoms with Gasteiger partial charge in [0.25, 0.3) is 0 Å². The van der Waals surface area contributed by atoms with Crippen molar-refractivity contribution in [3.63, 3.8) is 0 Å². The van der Waals surface area contributed by atoms with Gasteiger partial charge in [-0.15, -0.1) is 0 Å². The number of rotatable bonds is 5. The van der Waals surface area contributed by atoms with E-state index in [0.29, 0.717) is 30.0 Å². The first-order chi connectivity index (χ1) is 11.1. The molecule has 122 valence electrons. The number of urea groups is 1. The molecule has 2 aliphatic rings. The number of amides is 2. The molecule has 0 unspecified atom stereocenters. The predicted octanol–water partition coefficient (Wildman–Crippen LogP) is 3.90. The van der Waals surface area contributed by atoms with E-state index < -0.39 is 0 Å². The van der Waals surface area contributed by atoms with Crippen LogP contribution in [-0.4, -0.2) is 22.1 Å². The maximum absolute atomic E-state index is 12.5. The minimum atomic E-state index is -0.154. The molecule has 0 aromatic carbocycles. The van der Waals surface area contributed by atoms with Gasteiger partial charge in [-0.05, 0) is 44.2 Å². The highest BCUT2D eigenvalue weighted by molar-refractivity contribution is 5.88. The fourth-order valence-electron chi connectivity index (χ4n) is 2.92. The topological polar surface area (TPSA) is 71.5 Å². The van der Waals surface area contributed by atoms with E-state index in [1.54, 1.807) is 13.0 Å². The number of aryl methyl sites for hydroxylation is 1. The molecule has 6 heteroatoms. The molecule has 6 nitrogen and oxygen atoms in total. The summed E-state index contributed by atoms with van der Waals surface area (Å²) in [5.74, 6) is 4.29. The predicted molar refractivity (Wildman–Crippen MR) is 84.1 cm³/mol. The lowest BCUT2D eigenvalue weighted by atomic mass is 10.3. The summed E-state index contributed by atoms with van der Waals surface area (Å²) >= 11 is 0. The third kappa shape index (κ3) is 3.11. The van der Waals surface area contributed by atoms with E-state index in [9.17, 15) is 4.79 Å². The molecule has 0 spiro atoms. The Morgan fingerprint density at radius 2 is 2.22 bits per heavy atom. The maximum atomic E-state index is 12.5. The smallest absolute Gasteiger partial charge is 0.323 e. The van der Waals surface area contributed by atoms with Gasteiger partial charge in [0, 0.05) is 18.0 Å². The van der Waals surface area contributed by atoms with Gasteiger partial charge in [0.2, 0.25) is 0 Å². The van der Waals surface area contributed by atoms with Crippen LogP contribution in [0.5, 0.6) is 0 Å². The third-order valence-corrected chi connectivity index (χ3v) is 4.60. The number of carbonyl (C=O) groups is 1. The summed E-state index contributed by atoms with van der Waals surface area (Å²) in [6.45, 7) is 4.52. The molecule has 0 radical (unpaired) electrons. The average molecular weight is 315 g/mol. The van der Waals surface area contributed by atoms with Crippen LogP contribution in [0.1, 0.15) is 49.4 Å². The van der Waals surface area contributed by atoms with E-state index in [4.69, 9.17) is 8.94 Å². The molecule has 23 heavy (non-hydrogen) atoms. The Morgan fingerprint density at radius 3 is 2.83 bits per heavy atom. The highest BCUT2D eigenvalue weighted by Crippen LogP contribution is 2.47. The van der Waals surface area contributed by atoms with Crippen LogP contribution in [0.4, 0.5) is 10.6 Å². The van der Waals surface area contributed by atoms with Crippen LogP contribution in [0, 0.1) is 12.8 Å². The van der Waals surface area contributed by atoms with Crippen molar-refractivity contribution in [1.29, 1.82) is 0 Å². The normalized spacial score (nSPS) is 22.9. The molecule has 1 N–H and O–H groups in total. The molecule has 2 aromatic rings. The lowest BCUT2D eigenvalue weighted by Crippen LogP contribution is -2.36. The molecular formula is C17H21N3O3. The summed E-state index contributed by atoms with van der Waals surface area (Å²) in [4.78, 5) is 14.3. The van der Waals surface area contributed by atoms with Crippen LogP contribution < -0.4 is 5.32 Å². The minimum Gasteiger partial charge on any atom is -0.464 e. The molecule has 2 aliphatic carbocycles. The molecule has 2 saturated carbocycles. The van der Waals surface area contributed by atoms with Gasteiger partial charge in [-0.25, -0.2) is 4.79 Å². The Hall–Kier alpha value is -2.24. The Bertz CT molecular complexity index is 716. The van der Waals surface area contributed by atoms with Gasteiger partial charge in [-0.1, -0.05) is 12.1 Å². The van der Waals surface area contributed by atoms with Crippen molar-refractivity contribution in [2.24, 2.45) is 5.92 Å². The van der Waals surface area contributed by atoms with Crippen molar-refractivity contribution in [3.05, 3.63) is 35.5 Å². The fraction of sp³-hybridized carbons (Fsp3) is 0.529. The number of furan rings is 1. The minimum absolute atomic E-state index is 0.154. The molecule has 2 atom stereocenters. The first-order valence-electron chi connectivity index (χ1n) is 8.19. The summed E-state index contributed by atoms with van der Waals surface area (Å²) in [5.41, 5.74) is 0. The van der Waals surface area contributed by atoms with Crippen LogP contribution >= 0.6 is 0 Å². The molecule has 2 fully saturated rings. The third-order valence-electron chi connectivity index (χ3n) is 4.60. The van der Waals surface area contributed by atoms with Gasteiger partial charge in [0.05, 0.1) is 6.54 Å². The second kappa shape index (κ2) is 5.44. The number of aromatic nitrogens is 1. The second-order valence-corrected chi connectivity index (χ2v) is 6.74. The number of anilines is 1. The van der Waals surface area contributed by atoms with Crippen LogP contribution in [0.15, 0.2) is 27.1 Å². The van der Waals surface area contributed by atoms with E-state index in [0.717, 1.165) is 24.4 Å². The second-order valence-electron chi connectivity index (χ2n) is 6.74. The first-order valence-corrected chi connectivity index (χ1v) is 8.19. The monoisotopic (exact) mass is 315 g/mol. The summed E-state index contributed by atoms with van der Waals surface area (Å²) in [7, 11) is 0. The number of carbonyl (C=O) groups excluding carboxylic acids is 1. The number of hydrogen-bond acceptors (Lipinski definition) is 4. The van der Waals surface area contributed by atoms with Gasteiger partial charge < -0.3 is 13.8 Å². The summed E-state index contributed by atoms with van der Waals surface area (Å²) in [5, 5.41) is 6.61. The fourth-order valence-corrected chi connectivity index (χ4v) is 2.92. The Kier molecular flexibility index (Phi) is 3.39. The van der Waals surface area contributed by atoms with Gasteiger partial charge in [0.1, 0.15) is 17.3 Å². The van der Waals surface area contributed by atoms with Crippen molar-refractivity contribution in [1.82, 2.24) is 10.1 Å². The number of hydrogen-bond donors (Lipinski definition) is 1. The standard InChI is InChI=1S/C17H21N3O3/c1-10-7-14(10)15-6-5-13(22-15)9-20(12-3-4-12)17(21)18-16-8-11(2)23-19-16/h5-6,8,10,12,14H,3-4,7,9H2,1-2H3,(H,18,19,21)/t10-,14+/m1/s1. The van der Waals surface area contributed by atoms with Crippen molar-refractivity contribution in [2.75, 3.05) is 5.32 Å². The summed E-state index contributed by atoms with van der Waals surface area (Å²) in [6.07, 6.45) is 3.28. The Morgan fingerprint density at radius 1 is 1.43 bits per heavy atom. The van der Waals surface area contributed by atoms with Crippen LogP contribution in [0.2, 0.25) is 0 Å². The summed E-state index contributed by atoms with van der Waals surface area (Å²) in [6, 6.07) is 5.88. The van der Waals surface area contributed by atoms with Gasteiger partial charge in [0.15, 0.2) is 5.82 Å². The van der Waals surface area contributed by atoms with Crippen molar-refractivity contribution in [2.45, 2.75) is 51.6 Å². The summed E-state index contributed by atoms with van der Waals surface area (Å²) < 4.78 is 10.9. The maximum Gasteiger partial charge on any atom is 0.323 e. The molecule has 4 rings (SSSR count). The molecular weight excluding hydrogens is 294 g/mol. The van der Waals surface area contributed by atoms with E-state index >= 15 is 0 Å². The quantitative estimate of drug-likeness (QED) is 0.908. The SMILES string of the molecule is Cc1cc(NC(=O)N(Cc2ccc([C@H]3C[C@H]3C)o2)C2CC2)no1. The van der Waals surface area contributed by atoms with Crippen LogP contribution in [-0.2, 0) is 6.54 Å². The van der Waals surface area contributed by atoms with E-state index in [1.165, 1.54) is 6.42 Å². The Labute approximate surface area is 134 Å². The van der Waals surface area contributed by atoms with E-state index in [2.05, 4.69) is 17.4 Å². The lowest BCUT2D eigenvalue weighted by molar-refractivity contribution is 0.200.